The van der Waals surface area contributed by atoms with Crippen LogP contribution >= 0.6 is 15.9 Å². The molecule has 0 unspecified atom stereocenters. The number of ether oxygens (including phenoxy) is 1. The molecule has 0 aliphatic rings. The summed E-state index contributed by atoms with van der Waals surface area (Å²) in [7, 11) is 0. The van der Waals surface area contributed by atoms with Gasteiger partial charge in [0.25, 0.3) is 0 Å². The second kappa shape index (κ2) is 5.03. The van der Waals surface area contributed by atoms with Gasteiger partial charge in [0, 0.05) is 17.1 Å². The zero-order chi connectivity index (χ0) is 12.3. The molecule has 0 bridgehead atoms. The van der Waals surface area contributed by atoms with Crippen LogP contribution in [0.5, 0.6) is 5.75 Å². The molecule has 0 radical (unpaired) electrons. The van der Waals surface area contributed by atoms with Crippen molar-refractivity contribution >= 4 is 15.9 Å². The lowest BCUT2D eigenvalue weighted by Gasteiger charge is -2.13. The van der Waals surface area contributed by atoms with Crippen LogP contribution in [-0.4, -0.2) is 12.9 Å². The second-order valence-electron chi connectivity index (χ2n) is 3.11. The fourth-order valence-corrected chi connectivity index (χ4v) is 1.62. The van der Waals surface area contributed by atoms with Gasteiger partial charge >= 0.3 is 6.36 Å². The molecule has 1 rings (SSSR count). The highest BCUT2D eigenvalue weighted by Gasteiger charge is 2.31. The van der Waals surface area contributed by atoms with E-state index in [1.165, 1.54) is 12.1 Å². The summed E-state index contributed by atoms with van der Waals surface area (Å²) in [5.41, 5.74) is 11.4. The molecule has 1 aromatic rings. The van der Waals surface area contributed by atoms with Crippen LogP contribution in [0.3, 0.4) is 0 Å². The van der Waals surface area contributed by atoms with Crippen molar-refractivity contribution in [3.8, 4) is 5.75 Å². The topological polar surface area (TPSA) is 61.3 Å². The zero-order valence-electron chi connectivity index (χ0n) is 8.09. The molecule has 0 spiro atoms. The molecule has 4 N–H and O–H groups in total. The molecule has 1 aromatic carbocycles. The van der Waals surface area contributed by atoms with Crippen molar-refractivity contribution in [3.05, 3.63) is 28.2 Å². The number of hydrogen-bond acceptors (Lipinski definition) is 3. The Hall–Kier alpha value is -0.790. The molecule has 0 saturated heterocycles. The quantitative estimate of drug-likeness (QED) is 0.900. The van der Waals surface area contributed by atoms with Gasteiger partial charge in [0.1, 0.15) is 5.75 Å². The lowest BCUT2D eigenvalue weighted by molar-refractivity contribution is -0.274. The summed E-state index contributed by atoms with van der Waals surface area (Å²) in [5, 5.41) is 0. The van der Waals surface area contributed by atoms with Crippen molar-refractivity contribution in [2.45, 2.75) is 12.4 Å². The second-order valence-corrected chi connectivity index (χ2v) is 4.03. The van der Waals surface area contributed by atoms with Crippen LogP contribution in [-0.2, 0) is 0 Å². The highest BCUT2D eigenvalue weighted by molar-refractivity contribution is 9.10. The number of nitrogens with two attached hydrogens (primary N) is 2. The lowest BCUT2D eigenvalue weighted by Crippen LogP contribution is -2.21. The maximum absolute atomic E-state index is 12.0. The molecule has 0 aliphatic carbocycles. The first-order valence-electron chi connectivity index (χ1n) is 4.33. The number of rotatable bonds is 3. The Morgan fingerprint density at radius 1 is 1.31 bits per heavy atom. The predicted molar refractivity (Wildman–Crippen MR) is 56.8 cm³/mol. The van der Waals surface area contributed by atoms with Gasteiger partial charge in [0.05, 0.1) is 0 Å². The molecule has 0 aromatic heterocycles. The fourth-order valence-electron chi connectivity index (χ4n) is 1.13. The molecule has 0 heterocycles. The zero-order valence-corrected chi connectivity index (χ0v) is 9.68. The molecule has 90 valence electrons. The lowest BCUT2D eigenvalue weighted by atomic mass is 10.1. The van der Waals surface area contributed by atoms with Crippen molar-refractivity contribution in [1.29, 1.82) is 0 Å². The largest absolute Gasteiger partial charge is 0.573 e. The van der Waals surface area contributed by atoms with E-state index in [0.29, 0.717) is 10.0 Å². The summed E-state index contributed by atoms with van der Waals surface area (Å²) < 4.78 is 40.2. The van der Waals surface area contributed by atoms with Crippen molar-refractivity contribution in [3.63, 3.8) is 0 Å². The first kappa shape index (κ1) is 13.3. The van der Waals surface area contributed by atoms with Gasteiger partial charge in [0.15, 0.2) is 0 Å². The first-order valence-corrected chi connectivity index (χ1v) is 5.13. The number of benzene rings is 1. The molecule has 0 aliphatic heterocycles. The van der Waals surface area contributed by atoms with Crippen LogP contribution in [0.25, 0.3) is 0 Å². The van der Waals surface area contributed by atoms with Gasteiger partial charge in [-0.05, 0) is 23.8 Å². The van der Waals surface area contributed by atoms with Crippen LogP contribution in [0.15, 0.2) is 22.7 Å². The molecule has 1 atom stereocenters. The van der Waals surface area contributed by atoms with Crippen LogP contribution in [0, 0.1) is 0 Å². The number of halogens is 4. The monoisotopic (exact) mass is 298 g/mol. The van der Waals surface area contributed by atoms with E-state index < -0.39 is 12.4 Å². The van der Waals surface area contributed by atoms with E-state index in [-0.39, 0.29) is 12.3 Å². The fraction of sp³-hybridized carbons (Fsp3) is 0.333. The normalized spacial score (nSPS) is 13.6. The average Bonchev–Trinajstić information content (AvgIpc) is 2.12. The van der Waals surface area contributed by atoms with Crippen molar-refractivity contribution < 1.29 is 17.9 Å². The molecule has 7 heteroatoms. The Kier molecular flexibility index (Phi) is 4.17. The third-order valence-electron chi connectivity index (χ3n) is 1.81. The van der Waals surface area contributed by atoms with Crippen LogP contribution in [0.2, 0.25) is 0 Å². The highest BCUT2D eigenvalue weighted by atomic mass is 79.9. The van der Waals surface area contributed by atoms with E-state index in [0.717, 1.165) is 0 Å². The van der Waals surface area contributed by atoms with Crippen LogP contribution in [0.4, 0.5) is 13.2 Å². The minimum atomic E-state index is -4.72. The van der Waals surface area contributed by atoms with E-state index in [1.807, 2.05) is 0 Å². The summed E-state index contributed by atoms with van der Waals surface area (Å²) in [6, 6.07) is 3.50. The molecular weight excluding hydrogens is 289 g/mol. The highest BCUT2D eigenvalue weighted by Crippen LogP contribution is 2.28. The molecule has 3 nitrogen and oxygen atoms in total. The maximum atomic E-state index is 12.0. The molecule has 0 amide bonds. The van der Waals surface area contributed by atoms with Gasteiger partial charge in [-0.3, -0.25) is 0 Å². The molecular formula is C9H10BrF3N2O. The Balaban J connectivity index is 2.99. The van der Waals surface area contributed by atoms with Gasteiger partial charge in [-0.2, -0.15) is 0 Å². The number of hydrogen-bond donors (Lipinski definition) is 2. The van der Waals surface area contributed by atoms with E-state index >= 15 is 0 Å². The van der Waals surface area contributed by atoms with E-state index in [1.54, 1.807) is 6.07 Å². The average molecular weight is 299 g/mol. The smallest absolute Gasteiger partial charge is 0.406 e. The third kappa shape index (κ3) is 3.99. The van der Waals surface area contributed by atoms with Crippen LogP contribution in [0.1, 0.15) is 11.6 Å². The standard InChI is InChI=1S/C9H10BrF3N2O/c10-6-1-5(8(15)4-14)2-7(3-6)16-9(11,12)13/h1-3,8H,4,14-15H2/t8-/m1/s1. The predicted octanol–water partition coefficient (Wildman–Crippen LogP) is 2.31. The Labute approximate surface area is 98.7 Å². The van der Waals surface area contributed by atoms with Gasteiger partial charge in [-0.25, -0.2) is 0 Å². The summed E-state index contributed by atoms with van der Waals surface area (Å²) in [6.45, 7) is 0.141. The Morgan fingerprint density at radius 2 is 1.94 bits per heavy atom. The molecule has 0 saturated carbocycles. The minimum absolute atomic E-state index is 0.141. The van der Waals surface area contributed by atoms with E-state index in [4.69, 9.17) is 11.5 Å². The maximum Gasteiger partial charge on any atom is 0.573 e. The summed E-state index contributed by atoms with van der Waals surface area (Å²) in [6.07, 6.45) is -4.72. The minimum Gasteiger partial charge on any atom is -0.406 e. The Morgan fingerprint density at radius 3 is 2.44 bits per heavy atom. The first-order chi connectivity index (χ1) is 7.31. The SMILES string of the molecule is NC[C@@H](N)c1cc(Br)cc(OC(F)(F)F)c1. The van der Waals surface area contributed by atoms with Crippen LogP contribution < -0.4 is 16.2 Å². The van der Waals surface area contributed by atoms with Crippen molar-refractivity contribution in [1.82, 2.24) is 0 Å². The summed E-state index contributed by atoms with van der Waals surface area (Å²) in [5.74, 6) is -0.319. The summed E-state index contributed by atoms with van der Waals surface area (Å²) >= 11 is 3.07. The molecule has 16 heavy (non-hydrogen) atoms. The molecule has 0 fully saturated rings. The van der Waals surface area contributed by atoms with Crippen molar-refractivity contribution in [2.75, 3.05) is 6.54 Å². The number of alkyl halides is 3. The van der Waals surface area contributed by atoms with Gasteiger partial charge < -0.3 is 16.2 Å². The van der Waals surface area contributed by atoms with E-state index in [2.05, 4.69) is 20.7 Å². The third-order valence-corrected chi connectivity index (χ3v) is 2.27. The van der Waals surface area contributed by atoms with E-state index in [9.17, 15) is 13.2 Å². The van der Waals surface area contributed by atoms with Gasteiger partial charge in [-0.15, -0.1) is 13.2 Å². The van der Waals surface area contributed by atoms with Gasteiger partial charge in [-0.1, -0.05) is 15.9 Å². The Bertz CT molecular complexity index is 370. The van der Waals surface area contributed by atoms with Gasteiger partial charge in [0.2, 0.25) is 0 Å². The summed E-state index contributed by atoms with van der Waals surface area (Å²) in [4.78, 5) is 0. The van der Waals surface area contributed by atoms with Crippen molar-refractivity contribution in [2.24, 2.45) is 11.5 Å².